The molecule has 0 fully saturated rings. The molecule has 0 aliphatic carbocycles. The first-order valence-electron chi connectivity index (χ1n) is 19.7. The van der Waals surface area contributed by atoms with E-state index in [0.717, 1.165) is 61.4 Å². The summed E-state index contributed by atoms with van der Waals surface area (Å²) in [5, 5.41) is 12.0. The lowest BCUT2D eigenvalue weighted by Gasteiger charge is -2.29. The Bertz CT molecular complexity index is 3530. The van der Waals surface area contributed by atoms with Gasteiger partial charge in [0, 0.05) is 70.8 Å². The minimum Gasteiger partial charge on any atom is -0.456 e. The average Bonchev–Trinajstić information content (AvgIpc) is 3.83. The fraction of sp³-hybridized carbons (Fsp3) is 0. The van der Waals surface area contributed by atoms with Crippen LogP contribution in [0.2, 0.25) is 0 Å². The van der Waals surface area contributed by atoms with Crippen LogP contribution in [-0.2, 0) is 0 Å². The van der Waals surface area contributed by atoms with E-state index in [1.54, 1.807) is 0 Å². The third-order valence-electron chi connectivity index (χ3n) is 11.6. The van der Waals surface area contributed by atoms with Gasteiger partial charge in [0.05, 0.1) is 5.69 Å². The van der Waals surface area contributed by atoms with E-state index in [1.165, 1.54) is 47.1 Å². The number of furan rings is 1. The van der Waals surface area contributed by atoms with Gasteiger partial charge in [0.15, 0.2) is 0 Å². The molecule has 3 nitrogen and oxygen atoms in total. The van der Waals surface area contributed by atoms with Crippen molar-refractivity contribution >= 4 is 120 Å². The number of benzene rings is 10. The largest absolute Gasteiger partial charge is 0.456 e. The summed E-state index contributed by atoms with van der Waals surface area (Å²) >= 11 is 1.85. The molecule has 0 bridgehead atoms. The molecule has 0 unspecified atom stereocenters. The Balaban J connectivity index is 1.09. The Morgan fingerprint density at radius 2 is 0.845 bits per heavy atom. The van der Waals surface area contributed by atoms with Crippen LogP contribution >= 0.6 is 11.3 Å². The number of rotatable bonds is 6. The molecule has 0 atom stereocenters. The summed E-state index contributed by atoms with van der Waals surface area (Å²) in [5.41, 5.74) is 8.26. The Labute approximate surface area is 338 Å². The van der Waals surface area contributed by atoms with E-state index in [9.17, 15) is 0 Å². The molecular weight excluding hydrogens is 725 g/mol. The van der Waals surface area contributed by atoms with Crippen molar-refractivity contribution in [1.29, 1.82) is 0 Å². The van der Waals surface area contributed by atoms with Crippen LogP contribution in [0, 0.1) is 0 Å². The SMILES string of the molecule is c1ccc(N(c2ccc3c(c2)sc2ccccc23)c2ccc3c(c2)c(N(c2ccccc2)c2ccc4c(c2)oc2cc5ccccc5cc24)cc2ccccc23)cc1. The van der Waals surface area contributed by atoms with Crippen molar-refractivity contribution < 1.29 is 4.42 Å². The van der Waals surface area contributed by atoms with E-state index in [0.29, 0.717) is 0 Å². The number of para-hydroxylation sites is 2. The van der Waals surface area contributed by atoms with Gasteiger partial charge in [-0.05, 0) is 112 Å². The summed E-state index contributed by atoms with van der Waals surface area (Å²) in [6, 6.07) is 74.6. The topological polar surface area (TPSA) is 19.6 Å². The molecule has 2 aromatic heterocycles. The maximum atomic E-state index is 6.65. The highest BCUT2D eigenvalue weighted by molar-refractivity contribution is 7.25. The Morgan fingerprint density at radius 3 is 1.62 bits per heavy atom. The molecule has 12 rings (SSSR count). The average molecular weight is 759 g/mol. The summed E-state index contributed by atoms with van der Waals surface area (Å²) in [4.78, 5) is 4.78. The van der Waals surface area contributed by atoms with Crippen molar-refractivity contribution in [3.8, 4) is 0 Å². The number of hydrogen-bond acceptors (Lipinski definition) is 4. The summed E-state index contributed by atoms with van der Waals surface area (Å²) in [5.74, 6) is 0. The molecule has 0 radical (unpaired) electrons. The van der Waals surface area contributed by atoms with Gasteiger partial charge in [-0.15, -0.1) is 11.3 Å². The van der Waals surface area contributed by atoms with Crippen molar-refractivity contribution in [2.45, 2.75) is 0 Å². The second-order valence-corrected chi connectivity index (χ2v) is 16.0. The van der Waals surface area contributed by atoms with Crippen LogP contribution in [0.4, 0.5) is 34.1 Å². The number of thiophene rings is 1. The first-order chi connectivity index (χ1) is 28.7. The Morgan fingerprint density at radius 1 is 0.293 bits per heavy atom. The molecule has 4 heteroatoms. The standard InChI is InChI=1S/C54H34N2OS/c1-3-16-38(17-4-1)55(42-25-28-47-46-21-11-12-22-53(46)58-54(47)34-42)40-23-26-44-43-20-10-9-15-37(43)30-50(48(44)32-40)56(39-18-5-2-6-19-39)41-24-27-45-49-29-35-13-7-8-14-36(35)31-51(49)57-52(45)33-41/h1-34H. The summed E-state index contributed by atoms with van der Waals surface area (Å²) in [6.45, 7) is 0. The molecule has 0 amide bonds. The highest BCUT2D eigenvalue weighted by atomic mass is 32.1. The van der Waals surface area contributed by atoms with Gasteiger partial charge >= 0.3 is 0 Å². The highest BCUT2D eigenvalue weighted by Gasteiger charge is 2.22. The minimum atomic E-state index is 0.862. The zero-order valence-corrected chi connectivity index (χ0v) is 32.2. The lowest BCUT2D eigenvalue weighted by Crippen LogP contribution is -2.12. The van der Waals surface area contributed by atoms with Crippen molar-refractivity contribution in [3.05, 3.63) is 206 Å². The molecule has 0 saturated heterocycles. The molecule has 10 aromatic carbocycles. The van der Waals surface area contributed by atoms with Gasteiger partial charge in [0.1, 0.15) is 11.2 Å². The fourth-order valence-electron chi connectivity index (χ4n) is 8.87. The van der Waals surface area contributed by atoms with Gasteiger partial charge in [-0.25, -0.2) is 0 Å². The molecule has 12 aromatic rings. The van der Waals surface area contributed by atoms with E-state index in [4.69, 9.17) is 4.42 Å². The van der Waals surface area contributed by atoms with Crippen LogP contribution in [0.15, 0.2) is 211 Å². The van der Waals surface area contributed by atoms with Gasteiger partial charge in [0.2, 0.25) is 0 Å². The van der Waals surface area contributed by atoms with Gasteiger partial charge in [-0.1, -0.05) is 115 Å². The predicted octanol–water partition coefficient (Wildman–Crippen LogP) is 16.4. The summed E-state index contributed by atoms with van der Waals surface area (Å²) in [7, 11) is 0. The van der Waals surface area contributed by atoms with E-state index >= 15 is 0 Å². The Hall–Kier alpha value is -7.40. The Kier molecular flexibility index (Phi) is 7.40. The number of anilines is 6. The number of nitrogens with zero attached hydrogens (tertiary/aromatic N) is 2. The molecule has 0 saturated carbocycles. The molecule has 0 aliphatic heterocycles. The summed E-state index contributed by atoms with van der Waals surface area (Å²) < 4.78 is 9.23. The van der Waals surface area contributed by atoms with Gasteiger partial charge in [-0.3, -0.25) is 0 Å². The molecule has 0 aliphatic rings. The van der Waals surface area contributed by atoms with E-state index in [2.05, 4.69) is 216 Å². The minimum absolute atomic E-state index is 0.862. The summed E-state index contributed by atoms with van der Waals surface area (Å²) in [6.07, 6.45) is 0. The third kappa shape index (κ3) is 5.27. The second-order valence-electron chi connectivity index (χ2n) is 14.9. The van der Waals surface area contributed by atoms with E-state index in [1.807, 2.05) is 11.3 Å². The first kappa shape index (κ1) is 32.8. The molecule has 272 valence electrons. The van der Waals surface area contributed by atoms with Crippen LogP contribution in [0.5, 0.6) is 0 Å². The number of hydrogen-bond donors (Lipinski definition) is 0. The molecular formula is C54H34N2OS. The fourth-order valence-corrected chi connectivity index (χ4v) is 10.0. The van der Waals surface area contributed by atoms with Gasteiger partial charge in [-0.2, -0.15) is 0 Å². The maximum Gasteiger partial charge on any atom is 0.137 e. The lowest BCUT2D eigenvalue weighted by atomic mass is 9.97. The number of fused-ring (bicyclic) bond motifs is 10. The quantitative estimate of drug-likeness (QED) is 0.157. The van der Waals surface area contributed by atoms with Crippen molar-refractivity contribution in [2.75, 3.05) is 9.80 Å². The van der Waals surface area contributed by atoms with Crippen LogP contribution in [0.1, 0.15) is 0 Å². The van der Waals surface area contributed by atoms with Crippen LogP contribution in [0.3, 0.4) is 0 Å². The smallest absolute Gasteiger partial charge is 0.137 e. The monoisotopic (exact) mass is 758 g/mol. The molecule has 0 N–H and O–H groups in total. The zero-order chi connectivity index (χ0) is 38.2. The first-order valence-corrected chi connectivity index (χ1v) is 20.5. The predicted molar refractivity (Wildman–Crippen MR) is 248 cm³/mol. The van der Waals surface area contributed by atoms with Crippen LogP contribution in [0.25, 0.3) is 74.4 Å². The van der Waals surface area contributed by atoms with E-state index in [-0.39, 0.29) is 0 Å². The van der Waals surface area contributed by atoms with Crippen molar-refractivity contribution in [3.63, 3.8) is 0 Å². The van der Waals surface area contributed by atoms with E-state index < -0.39 is 0 Å². The van der Waals surface area contributed by atoms with Crippen LogP contribution in [-0.4, -0.2) is 0 Å². The van der Waals surface area contributed by atoms with Gasteiger partial charge < -0.3 is 14.2 Å². The second kappa shape index (κ2) is 13.1. The highest BCUT2D eigenvalue weighted by Crippen LogP contribution is 2.47. The molecule has 0 spiro atoms. The molecule has 2 heterocycles. The van der Waals surface area contributed by atoms with Crippen molar-refractivity contribution in [1.82, 2.24) is 0 Å². The lowest BCUT2D eigenvalue weighted by molar-refractivity contribution is 0.669. The van der Waals surface area contributed by atoms with Gasteiger partial charge in [0.25, 0.3) is 0 Å². The third-order valence-corrected chi connectivity index (χ3v) is 12.7. The molecule has 58 heavy (non-hydrogen) atoms. The van der Waals surface area contributed by atoms with Crippen LogP contribution < -0.4 is 9.80 Å². The zero-order valence-electron chi connectivity index (χ0n) is 31.3. The normalized spacial score (nSPS) is 11.8. The van der Waals surface area contributed by atoms with Crippen molar-refractivity contribution in [2.24, 2.45) is 0 Å². The maximum absolute atomic E-state index is 6.65.